The molecule has 1 saturated carbocycles. The Bertz CT molecular complexity index is 645. The lowest BCUT2D eigenvalue weighted by Crippen LogP contribution is -2.44. The van der Waals surface area contributed by atoms with Crippen LogP contribution in [0, 0.1) is 11.3 Å². The maximum absolute atomic E-state index is 12.9. The second-order valence-corrected chi connectivity index (χ2v) is 7.45. The van der Waals surface area contributed by atoms with Gasteiger partial charge in [0, 0.05) is 25.2 Å². The van der Waals surface area contributed by atoms with Gasteiger partial charge < -0.3 is 15.1 Å². The molecule has 4 rings (SSSR count). The highest BCUT2D eigenvalue weighted by Crippen LogP contribution is 2.59. The lowest BCUT2D eigenvalue weighted by molar-refractivity contribution is -0.138. The number of carbonyl (C=O) groups is 2. The molecule has 1 aromatic carbocycles. The van der Waals surface area contributed by atoms with Gasteiger partial charge in [-0.15, -0.1) is 12.4 Å². The van der Waals surface area contributed by atoms with Crippen LogP contribution >= 0.6 is 12.4 Å². The van der Waals surface area contributed by atoms with Crippen molar-refractivity contribution >= 4 is 29.9 Å². The minimum absolute atomic E-state index is 0. The van der Waals surface area contributed by atoms with Crippen molar-refractivity contribution in [3.05, 3.63) is 30.3 Å². The third kappa shape index (κ3) is 3.15. The maximum atomic E-state index is 12.9. The predicted molar refractivity (Wildman–Crippen MR) is 99.9 cm³/mol. The molecule has 0 radical (unpaired) electrons. The van der Waals surface area contributed by atoms with E-state index in [-0.39, 0.29) is 41.6 Å². The third-order valence-corrected chi connectivity index (χ3v) is 6.15. The number of nitrogens with one attached hydrogen (secondary N) is 1. The van der Waals surface area contributed by atoms with Crippen molar-refractivity contribution in [1.29, 1.82) is 0 Å². The molecule has 25 heavy (non-hydrogen) atoms. The second kappa shape index (κ2) is 6.96. The average Bonchev–Trinajstić information content (AvgIpc) is 3.16. The first-order chi connectivity index (χ1) is 11.6. The number of halogens is 1. The lowest BCUT2D eigenvalue weighted by atomic mass is 9.91. The normalized spacial score (nSPS) is 27.1. The van der Waals surface area contributed by atoms with Crippen molar-refractivity contribution in [2.24, 2.45) is 11.3 Å². The van der Waals surface area contributed by atoms with Gasteiger partial charge in [0.1, 0.15) is 6.04 Å². The fourth-order valence-electron chi connectivity index (χ4n) is 4.46. The summed E-state index contributed by atoms with van der Waals surface area (Å²) in [5, 5.41) is 3.37. The van der Waals surface area contributed by atoms with Crippen molar-refractivity contribution in [3.63, 3.8) is 0 Å². The zero-order valence-corrected chi connectivity index (χ0v) is 15.4. The van der Waals surface area contributed by atoms with Crippen LogP contribution in [0.1, 0.15) is 25.7 Å². The van der Waals surface area contributed by atoms with E-state index in [9.17, 15) is 9.59 Å². The molecule has 1 spiro atoms. The van der Waals surface area contributed by atoms with Crippen molar-refractivity contribution < 1.29 is 9.59 Å². The number of carbonyl (C=O) groups excluding carboxylic acids is 2. The van der Waals surface area contributed by atoms with Gasteiger partial charge in [-0.2, -0.15) is 0 Å². The van der Waals surface area contributed by atoms with Crippen molar-refractivity contribution in [2.45, 2.75) is 31.7 Å². The largest absolute Gasteiger partial charge is 0.333 e. The number of piperidine rings is 1. The van der Waals surface area contributed by atoms with E-state index in [1.165, 1.54) is 0 Å². The number of nitrogens with zero attached hydrogens (tertiary/aromatic N) is 2. The Kier molecular flexibility index (Phi) is 5.07. The molecule has 1 aliphatic carbocycles. The number of amides is 2. The molecule has 136 valence electrons. The summed E-state index contributed by atoms with van der Waals surface area (Å²) in [5.41, 5.74) is 1.14. The second-order valence-electron chi connectivity index (χ2n) is 7.45. The molecule has 2 heterocycles. The van der Waals surface area contributed by atoms with Crippen LogP contribution in [0.2, 0.25) is 0 Å². The molecule has 2 amide bonds. The van der Waals surface area contributed by atoms with Crippen LogP contribution in [0.4, 0.5) is 5.69 Å². The maximum Gasteiger partial charge on any atom is 0.249 e. The van der Waals surface area contributed by atoms with Crippen LogP contribution in [0.5, 0.6) is 0 Å². The van der Waals surface area contributed by atoms with Crippen LogP contribution in [-0.4, -0.2) is 49.4 Å². The Morgan fingerprint density at radius 3 is 2.60 bits per heavy atom. The monoisotopic (exact) mass is 363 g/mol. The summed E-state index contributed by atoms with van der Waals surface area (Å²) in [7, 11) is 1.81. The number of likely N-dealkylation sites (N-methyl/N-ethyl adjacent to an activating group) is 1. The van der Waals surface area contributed by atoms with E-state index in [1.54, 1.807) is 4.90 Å². The summed E-state index contributed by atoms with van der Waals surface area (Å²) in [6.07, 6.45) is 3.90. The molecule has 1 N–H and O–H groups in total. The summed E-state index contributed by atoms with van der Waals surface area (Å²) in [4.78, 5) is 29.2. The van der Waals surface area contributed by atoms with Gasteiger partial charge >= 0.3 is 0 Å². The van der Waals surface area contributed by atoms with Gasteiger partial charge in [-0.1, -0.05) is 18.2 Å². The standard InChI is InChI=1S/C19H25N3O2.ClH/c1-21(17(23)15-13-19(15)8-10-20-11-9-19)16-7-12-22(18(16)24)14-5-3-2-4-6-14;/h2-6,15-16,20H,7-13H2,1H3;1H. The Labute approximate surface area is 155 Å². The molecule has 2 aliphatic heterocycles. The average molecular weight is 364 g/mol. The van der Waals surface area contributed by atoms with E-state index in [4.69, 9.17) is 0 Å². The molecular formula is C19H26ClN3O2. The first-order valence-corrected chi connectivity index (χ1v) is 8.96. The van der Waals surface area contributed by atoms with Crippen molar-refractivity contribution in [1.82, 2.24) is 10.2 Å². The summed E-state index contributed by atoms with van der Waals surface area (Å²) < 4.78 is 0. The lowest BCUT2D eigenvalue weighted by Gasteiger charge is -2.27. The van der Waals surface area contributed by atoms with Crippen molar-refractivity contribution in [3.8, 4) is 0 Å². The Morgan fingerprint density at radius 2 is 1.92 bits per heavy atom. The molecule has 2 saturated heterocycles. The van der Waals surface area contributed by atoms with Gasteiger partial charge in [-0.25, -0.2) is 0 Å². The Morgan fingerprint density at radius 1 is 1.24 bits per heavy atom. The van der Waals surface area contributed by atoms with Gasteiger partial charge in [0.05, 0.1) is 0 Å². The number of para-hydroxylation sites is 1. The third-order valence-electron chi connectivity index (χ3n) is 6.15. The van der Waals surface area contributed by atoms with E-state index in [0.717, 1.165) is 44.5 Å². The zero-order chi connectivity index (χ0) is 16.7. The van der Waals surface area contributed by atoms with E-state index < -0.39 is 0 Å². The molecular weight excluding hydrogens is 338 g/mol. The zero-order valence-electron chi connectivity index (χ0n) is 14.6. The molecule has 0 bridgehead atoms. The summed E-state index contributed by atoms with van der Waals surface area (Å²) in [6, 6.07) is 9.42. The van der Waals surface area contributed by atoms with Gasteiger partial charge in [0.25, 0.3) is 0 Å². The van der Waals surface area contributed by atoms with Crippen LogP contribution < -0.4 is 10.2 Å². The minimum Gasteiger partial charge on any atom is -0.333 e. The minimum atomic E-state index is -0.308. The van der Waals surface area contributed by atoms with Gasteiger partial charge in [0.15, 0.2) is 0 Å². The molecule has 0 aromatic heterocycles. The SMILES string of the molecule is CN(C(=O)C1CC12CCNCC2)C1CCN(c2ccccc2)C1=O.Cl. The molecule has 5 nitrogen and oxygen atoms in total. The van der Waals surface area contributed by atoms with Crippen LogP contribution in [0.15, 0.2) is 30.3 Å². The fourth-order valence-corrected chi connectivity index (χ4v) is 4.46. The predicted octanol–water partition coefficient (Wildman–Crippen LogP) is 2.06. The number of hydrogen-bond acceptors (Lipinski definition) is 3. The molecule has 2 atom stereocenters. The van der Waals surface area contributed by atoms with Crippen molar-refractivity contribution in [2.75, 3.05) is 31.6 Å². The number of rotatable bonds is 3. The quantitative estimate of drug-likeness (QED) is 0.894. The first kappa shape index (κ1) is 18.2. The van der Waals surface area contributed by atoms with E-state index in [2.05, 4.69) is 5.32 Å². The highest BCUT2D eigenvalue weighted by atomic mass is 35.5. The molecule has 1 aromatic rings. The molecule has 6 heteroatoms. The first-order valence-electron chi connectivity index (χ1n) is 8.96. The van der Waals surface area contributed by atoms with Crippen LogP contribution in [-0.2, 0) is 9.59 Å². The highest BCUT2D eigenvalue weighted by molar-refractivity contribution is 6.01. The van der Waals surface area contributed by atoms with E-state index in [0.29, 0.717) is 6.54 Å². The summed E-state index contributed by atoms with van der Waals surface area (Å²) in [6.45, 7) is 2.71. The summed E-state index contributed by atoms with van der Waals surface area (Å²) in [5.74, 6) is 0.352. The highest BCUT2D eigenvalue weighted by Gasteiger charge is 2.59. The number of hydrogen-bond donors (Lipinski definition) is 1. The molecule has 3 fully saturated rings. The van der Waals surface area contributed by atoms with Gasteiger partial charge in [-0.05, 0) is 56.3 Å². The number of benzene rings is 1. The van der Waals surface area contributed by atoms with Gasteiger partial charge in [0.2, 0.25) is 11.8 Å². The molecule has 3 aliphatic rings. The van der Waals surface area contributed by atoms with E-state index in [1.807, 2.05) is 42.3 Å². The molecule has 2 unspecified atom stereocenters. The summed E-state index contributed by atoms with van der Waals surface area (Å²) >= 11 is 0. The fraction of sp³-hybridized carbons (Fsp3) is 0.579. The topological polar surface area (TPSA) is 52.7 Å². The van der Waals surface area contributed by atoms with Gasteiger partial charge in [-0.3, -0.25) is 9.59 Å². The van der Waals surface area contributed by atoms with E-state index >= 15 is 0 Å². The smallest absolute Gasteiger partial charge is 0.249 e. The number of anilines is 1. The Hall–Kier alpha value is -1.59. The van der Waals surface area contributed by atoms with Crippen LogP contribution in [0.3, 0.4) is 0 Å². The Balaban J connectivity index is 0.00000182. The van der Waals surface area contributed by atoms with Crippen LogP contribution in [0.25, 0.3) is 0 Å².